The Hall–Kier alpha value is -4.10. The number of aromatic nitrogens is 4. The van der Waals surface area contributed by atoms with Crippen molar-refractivity contribution in [3.63, 3.8) is 0 Å². The quantitative estimate of drug-likeness (QED) is 0.435. The maximum Gasteiger partial charge on any atom is 0.410 e. The Kier molecular flexibility index (Phi) is 7.94. The van der Waals surface area contributed by atoms with Crippen LogP contribution in [0.1, 0.15) is 87.9 Å². The predicted molar refractivity (Wildman–Crippen MR) is 150 cm³/mol. The highest BCUT2D eigenvalue weighted by Crippen LogP contribution is 2.34. The molecule has 0 spiro atoms. The molecule has 0 radical (unpaired) electrons. The molecule has 10 nitrogen and oxygen atoms in total. The number of hydrogen-bond donors (Lipinski definition) is 1. The van der Waals surface area contributed by atoms with Crippen LogP contribution in [0.2, 0.25) is 0 Å². The molecule has 0 saturated carbocycles. The molecular formula is C30H36N6O4. The molecule has 5 heterocycles. The highest BCUT2D eigenvalue weighted by atomic mass is 16.6. The molecule has 210 valence electrons. The topological polar surface area (TPSA) is 118 Å². The highest BCUT2D eigenvalue weighted by Gasteiger charge is 2.31. The van der Waals surface area contributed by atoms with Gasteiger partial charge in [-0.25, -0.2) is 14.5 Å². The average Bonchev–Trinajstić information content (AvgIpc) is 3.40. The molecule has 2 aliphatic rings. The monoisotopic (exact) mass is 544 g/mol. The highest BCUT2D eigenvalue weighted by molar-refractivity contribution is 5.69. The lowest BCUT2D eigenvalue weighted by molar-refractivity contribution is -0.0395. The lowest BCUT2D eigenvalue weighted by Crippen LogP contribution is -2.41. The minimum atomic E-state index is -0.566. The summed E-state index contributed by atoms with van der Waals surface area (Å²) < 4.78 is 19.5. The first kappa shape index (κ1) is 27.5. The Bertz CT molecular complexity index is 1430. The lowest BCUT2D eigenvalue weighted by atomic mass is 9.93. The summed E-state index contributed by atoms with van der Waals surface area (Å²) in [4.78, 5) is 23.5. The third kappa shape index (κ3) is 6.37. The molecule has 0 aliphatic carbocycles. The Morgan fingerprint density at radius 2 is 2.08 bits per heavy atom. The SMILES string of the molecule is CC[C@H]1CN(C(=O)OC(C)(C)C)Cc2cc(Oc3ccnc(N)c3C#Cc3cnn(C4CCCCO4)c3)cnc21. The van der Waals surface area contributed by atoms with Gasteiger partial charge in [0.05, 0.1) is 30.2 Å². The van der Waals surface area contributed by atoms with Crippen LogP contribution in [0.25, 0.3) is 0 Å². The second kappa shape index (κ2) is 11.6. The molecule has 0 bridgehead atoms. The number of hydrogen-bond acceptors (Lipinski definition) is 8. The van der Waals surface area contributed by atoms with E-state index < -0.39 is 5.60 Å². The second-order valence-electron chi connectivity index (χ2n) is 11.1. The van der Waals surface area contributed by atoms with Gasteiger partial charge in [-0.2, -0.15) is 5.10 Å². The number of nitrogens with two attached hydrogens (primary N) is 1. The Labute approximate surface area is 234 Å². The number of fused-ring (bicyclic) bond motifs is 1. The molecule has 1 unspecified atom stereocenters. The van der Waals surface area contributed by atoms with Crippen molar-refractivity contribution in [3.8, 4) is 23.3 Å². The number of rotatable bonds is 4. The molecule has 2 aliphatic heterocycles. The van der Waals surface area contributed by atoms with Gasteiger partial charge >= 0.3 is 6.09 Å². The number of anilines is 1. The first-order valence-electron chi connectivity index (χ1n) is 13.8. The maximum absolute atomic E-state index is 12.8. The van der Waals surface area contributed by atoms with Crippen LogP contribution in [0.5, 0.6) is 11.5 Å². The summed E-state index contributed by atoms with van der Waals surface area (Å²) >= 11 is 0. The van der Waals surface area contributed by atoms with Crippen LogP contribution in [0.15, 0.2) is 36.9 Å². The predicted octanol–water partition coefficient (Wildman–Crippen LogP) is 5.39. The van der Waals surface area contributed by atoms with Crippen LogP contribution >= 0.6 is 0 Å². The molecule has 1 amide bonds. The molecule has 2 N–H and O–H groups in total. The number of nitrogen functional groups attached to an aromatic ring is 1. The first-order chi connectivity index (χ1) is 19.2. The average molecular weight is 545 g/mol. The van der Waals surface area contributed by atoms with Crippen LogP contribution in [0.4, 0.5) is 10.6 Å². The van der Waals surface area contributed by atoms with Crippen molar-refractivity contribution in [1.29, 1.82) is 0 Å². The Balaban J connectivity index is 1.37. The van der Waals surface area contributed by atoms with E-state index >= 15 is 0 Å². The third-order valence-corrected chi connectivity index (χ3v) is 6.86. The standard InChI is InChI=1S/C30H36N6O4/c1-5-21-18-35(29(37)40-30(2,3)4)19-22-14-23(16-33-27(21)22)39-25-11-12-32-28(31)24(25)10-9-20-15-34-36(17-20)26-8-6-7-13-38-26/h11-12,14-17,21,26H,5-8,13,18-19H2,1-4H3,(H2,31,32)/t21-,26?/m0/s1. The van der Waals surface area contributed by atoms with Gasteiger partial charge in [0.2, 0.25) is 0 Å². The fraction of sp³-hybridized carbons (Fsp3) is 0.467. The fourth-order valence-corrected chi connectivity index (χ4v) is 4.88. The number of carbonyl (C=O) groups excluding carboxylic acids is 1. The molecule has 1 fully saturated rings. The van der Waals surface area contributed by atoms with Gasteiger partial charge in [-0.1, -0.05) is 18.8 Å². The zero-order valence-corrected chi connectivity index (χ0v) is 23.5. The van der Waals surface area contributed by atoms with Crippen molar-refractivity contribution in [2.45, 2.75) is 77.7 Å². The fourth-order valence-electron chi connectivity index (χ4n) is 4.88. The van der Waals surface area contributed by atoms with E-state index in [1.54, 1.807) is 29.6 Å². The molecule has 3 aromatic heterocycles. The smallest absolute Gasteiger partial charge is 0.410 e. The van der Waals surface area contributed by atoms with Gasteiger partial charge in [0.1, 0.15) is 34.7 Å². The third-order valence-electron chi connectivity index (χ3n) is 6.86. The lowest BCUT2D eigenvalue weighted by Gasteiger charge is -2.34. The van der Waals surface area contributed by atoms with Crippen LogP contribution in [0.3, 0.4) is 0 Å². The second-order valence-corrected chi connectivity index (χ2v) is 11.1. The van der Waals surface area contributed by atoms with E-state index in [2.05, 4.69) is 28.8 Å². The molecule has 5 rings (SSSR count). The molecule has 40 heavy (non-hydrogen) atoms. The number of pyridine rings is 2. The van der Waals surface area contributed by atoms with Gasteiger partial charge in [0.25, 0.3) is 0 Å². The van der Waals surface area contributed by atoms with Crippen LogP contribution in [-0.2, 0) is 16.0 Å². The van der Waals surface area contributed by atoms with Gasteiger partial charge in [-0.3, -0.25) is 4.98 Å². The summed E-state index contributed by atoms with van der Waals surface area (Å²) in [5.41, 5.74) is 8.75. The minimum absolute atomic E-state index is 0.0540. The van der Waals surface area contributed by atoms with E-state index in [0.29, 0.717) is 30.2 Å². The summed E-state index contributed by atoms with van der Waals surface area (Å²) in [5, 5.41) is 4.42. The van der Waals surface area contributed by atoms with E-state index in [0.717, 1.165) is 49.1 Å². The van der Waals surface area contributed by atoms with E-state index in [9.17, 15) is 4.79 Å². The number of ether oxygens (including phenoxy) is 3. The van der Waals surface area contributed by atoms with Crippen LogP contribution in [0, 0.1) is 11.8 Å². The van der Waals surface area contributed by atoms with Gasteiger partial charge in [-0.05, 0) is 58.1 Å². The Morgan fingerprint density at radius 3 is 2.83 bits per heavy atom. The van der Waals surface area contributed by atoms with Crippen molar-refractivity contribution in [2.75, 3.05) is 18.9 Å². The van der Waals surface area contributed by atoms with Crippen molar-refractivity contribution >= 4 is 11.9 Å². The van der Waals surface area contributed by atoms with Gasteiger partial charge in [0, 0.05) is 37.5 Å². The molecule has 2 atom stereocenters. The molecular weight excluding hydrogens is 508 g/mol. The minimum Gasteiger partial charge on any atom is -0.454 e. The van der Waals surface area contributed by atoms with Gasteiger partial charge in [-0.15, -0.1) is 0 Å². The molecule has 0 aromatic carbocycles. The summed E-state index contributed by atoms with van der Waals surface area (Å²) in [6, 6.07) is 3.64. The Morgan fingerprint density at radius 1 is 1.23 bits per heavy atom. The largest absolute Gasteiger partial charge is 0.454 e. The van der Waals surface area contributed by atoms with Crippen molar-refractivity contribution in [3.05, 3.63) is 59.3 Å². The van der Waals surface area contributed by atoms with Crippen LogP contribution < -0.4 is 10.5 Å². The summed E-state index contributed by atoms with van der Waals surface area (Å²) in [6.07, 6.45) is 10.5. The van der Waals surface area contributed by atoms with Gasteiger partial charge in [0.15, 0.2) is 0 Å². The van der Waals surface area contributed by atoms with Crippen molar-refractivity contribution < 1.29 is 19.0 Å². The number of amides is 1. The van der Waals surface area contributed by atoms with Crippen molar-refractivity contribution in [2.24, 2.45) is 0 Å². The summed E-state index contributed by atoms with van der Waals surface area (Å²) in [5.74, 6) is 7.61. The van der Waals surface area contributed by atoms with E-state index in [1.165, 1.54) is 0 Å². The number of carbonyl (C=O) groups is 1. The molecule has 3 aromatic rings. The van der Waals surface area contributed by atoms with E-state index in [-0.39, 0.29) is 24.1 Å². The number of nitrogens with zero attached hydrogens (tertiary/aromatic N) is 5. The zero-order valence-electron chi connectivity index (χ0n) is 23.5. The van der Waals surface area contributed by atoms with Crippen LogP contribution in [-0.4, -0.2) is 49.5 Å². The first-order valence-corrected chi connectivity index (χ1v) is 13.8. The molecule has 10 heteroatoms. The maximum atomic E-state index is 12.8. The van der Waals surface area contributed by atoms with E-state index in [1.807, 2.05) is 37.7 Å². The zero-order chi connectivity index (χ0) is 28.3. The summed E-state index contributed by atoms with van der Waals surface area (Å²) in [6.45, 7) is 9.40. The van der Waals surface area contributed by atoms with Crippen molar-refractivity contribution in [1.82, 2.24) is 24.6 Å². The normalized spacial score (nSPS) is 18.9. The molecule has 1 saturated heterocycles. The summed E-state index contributed by atoms with van der Waals surface area (Å²) in [7, 11) is 0. The van der Waals surface area contributed by atoms with Gasteiger partial charge < -0.3 is 24.8 Å². The van der Waals surface area contributed by atoms with E-state index in [4.69, 9.17) is 24.9 Å².